The highest BCUT2D eigenvalue weighted by Crippen LogP contribution is 2.31. The summed E-state index contributed by atoms with van der Waals surface area (Å²) in [4.78, 5) is 38.5. The van der Waals surface area contributed by atoms with Gasteiger partial charge < -0.3 is 15.7 Å². The molecule has 2 amide bonds. The van der Waals surface area contributed by atoms with E-state index in [9.17, 15) is 14.4 Å². The van der Waals surface area contributed by atoms with Crippen LogP contribution >= 0.6 is 35.0 Å². The number of carboxylic acids is 1. The van der Waals surface area contributed by atoms with Gasteiger partial charge >= 0.3 is 5.97 Å². The van der Waals surface area contributed by atoms with Crippen LogP contribution in [0.5, 0.6) is 0 Å². The number of likely N-dealkylation sites (tertiary alicyclic amines) is 1. The van der Waals surface area contributed by atoms with Gasteiger partial charge in [0.2, 0.25) is 17.0 Å². The summed E-state index contributed by atoms with van der Waals surface area (Å²) in [6.07, 6.45) is 1.06. The van der Waals surface area contributed by atoms with Crippen LogP contribution < -0.4 is 10.6 Å². The molecule has 1 fully saturated rings. The van der Waals surface area contributed by atoms with E-state index in [-0.39, 0.29) is 35.4 Å². The molecule has 14 heteroatoms. The van der Waals surface area contributed by atoms with Gasteiger partial charge in [0, 0.05) is 5.56 Å². The van der Waals surface area contributed by atoms with Crippen LogP contribution in [0.25, 0.3) is 5.69 Å². The molecule has 244 valence electrons. The van der Waals surface area contributed by atoms with Gasteiger partial charge in [0.15, 0.2) is 0 Å². The van der Waals surface area contributed by atoms with Crippen molar-refractivity contribution in [1.29, 1.82) is 0 Å². The molecule has 0 aliphatic carbocycles. The average Bonchev–Trinajstić information content (AvgIpc) is 3.44. The summed E-state index contributed by atoms with van der Waals surface area (Å²) in [7, 11) is 0. The van der Waals surface area contributed by atoms with Crippen molar-refractivity contribution >= 4 is 58.4 Å². The number of hydrogen-bond acceptors (Lipinski definition) is 8. The van der Waals surface area contributed by atoms with Crippen molar-refractivity contribution in [2.45, 2.75) is 63.6 Å². The summed E-state index contributed by atoms with van der Waals surface area (Å²) in [5, 5.41) is 28.0. The number of carboxylic acid groups (broad SMARTS) is 1. The van der Waals surface area contributed by atoms with E-state index in [2.05, 4.69) is 58.8 Å². The zero-order valence-electron chi connectivity index (χ0n) is 26.4. The zero-order valence-corrected chi connectivity index (χ0v) is 28.7. The maximum atomic E-state index is 12.8. The maximum absolute atomic E-state index is 12.8. The molecule has 1 aliphatic heterocycles. The van der Waals surface area contributed by atoms with Gasteiger partial charge in [-0.15, -0.1) is 5.10 Å². The highest BCUT2D eigenvalue weighted by Gasteiger charge is 2.27. The number of nitrogens with zero attached hydrogens (tertiary/aromatic N) is 5. The Labute approximate surface area is 282 Å². The number of aliphatic carboxylic acids is 1. The van der Waals surface area contributed by atoms with E-state index in [1.165, 1.54) is 4.68 Å². The smallest absolute Gasteiger partial charge is 0.306 e. The Morgan fingerprint density at radius 3 is 2.39 bits per heavy atom. The summed E-state index contributed by atoms with van der Waals surface area (Å²) in [5.41, 5.74) is 1.82. The molecule has 0 bridgehead atoms. The monoisotopic (exact) mass is 685 g/mol. The van der Waals surface area contributed by atoms with E-state index in [1.807, 2.05) is 23.1 Å². The summed E-state index contributed by atoms with van der Waals surface area (Å²) in [5.74, 6) is 4.52. The molecule has 0 saturated carbocycles. The van der Waals surface area contributed by atoms with Gasteiger partial charge in [-0.1, -0.05) is 73.6 Å². The number of nitrogens with one attached hydrogen (secondary N) is 2. The number of thioether (sulfide) groups is 1. The molecule has 3 N–H and O–H groups in total. The predicted octanol–water partition coefficient (Wildman–Crippen LogP) is 5.04. The fraction of sp³-hybridized carbons (Fsp3) is 0.438. The molecule has 0 atom stereocenters. The minimum Gasteiger partial charge on any atom is -0.481 e. The summed E-state index contributed by atoms with van der Waals surface area (Å²) >= 11 is 14.1. The Kier molecular flexibility index (Phi) is 11.4. The van der Waals surface area contributed by atoms with Crippen LogP contribution in [0.1, 0.15) is 58.6 Å². The largest absolute Gasteiger partial charge is 0.481 e. The molecular weight excluding hydrogens is 649 g/mol. The second-order valence-electron chi connectivity index (χ2n) is 12.6. The topological polar surface area (TPSA) is 142 Å². The first kappa shape index (κ1) is 35.2. The quantitative estimate of drug-likeness (QED) is 0.209. The Hall–Kier alpha value is -3.63. The molecule has 4 rings (SSSR count). The standard InChI is InChI=1S/C32H37Cl2N7O4S/c1-31(2,3)22-7-8-23(33)26(17-22)41-30(37-38-39-41)46-19-28(43)35-25-9-6-20(16-24(25)34)10-13-32(4,5)36-27(42)18-40-14-11-21(12-15-40)29(44)45/h6-9,16-17,21H,11-12,14-15,18-19H2,1-5H3,(H,35,43)(H,36,42)(H,44,45). The molecule has 1 aromatic heterocycles. The van der Waals surface area contributed by atoms with Crippen molar-refractivity contribution in [3.8, 4) is 17.5 Å². The summed E-state index contributed by atoms with van der Waals surface area (Å²) < 4.78 is 1.52. The fourth-order valence-corrected chi connectivity index (χ4v) is 5.87. The minimum absolute atomic E-state index is 0.0281. The second kappa shape index (κ2) is 14.9. The lowest BCUT2D eigenvalue weighted by molar-refractivity contribution is -0.143. The van der Waals surface area contributed by atoms with Gasteiger partial charge in [-0.05, 0) is 91.5 Å². The number of piperidine rings is 1. The van der Waals surface area contributed by atoms with Crippen molar-refractivity contribution in [1.82, 2.24) is 30.4 Å². The molecular formula is C32H37Cl2N7O4S. The number of aromatic nitrogens is 4. The van der Waals surface area contributed by atoms with Gasteiger partial charge in [0.1, 0.15) is 0 Å². The van der Waals surface area contributed by atoms with Crippen LogP contribution in [0.4, 0.5) is 5.69 Å². The molecule has 11 nitrogen and oxygen atoms in total. The number of carbonyl (C=O) groups is 3. The number of anilines is 1. The molecule has 3 aromatic rings. The lowest BCUT2D eigenvalue weighted by Gasteiger charge is -2.30. The highest BCUT2D eigenvalue weighted by atomic mass is 35.5. The van der Waals surface area contributed by atoms with Gasteiger partial charge in [-0.2, -0.15) is 4.68 Å². The number of rotatable bonds is 9. The fourth-order valence-electron chi connectivity index (χ4n) is 4.76. The number of tetrazole rings is 1. The molecule has 46 heavy (non-hydrogen) atoms. The number of hydrogen-bond donors (Lipinski definition) is 3. The normalized spacial score (nSPS) is 14.3. The maximum Gasteiger partial charge on any atom is 0.306 e. The Balaban J connectivity index is 1.31. The molecule has 2 aromatic carbocycles. The number of benzene rings is 2. The summed E-state index contributed by atoms with van der Waals surface area (Å²) in [6.45, 7) is 11.2. The molecule has 1 aliphatic rings. The first-order chi connectivity index (χ1) is 21.6. The Morgan fingerprint density at radius 1 is 1.02 bits per heavy atom. The third-order valence-electron chi connectivity index (χ3n) is 7.33. The van der Waals surface area contributed by atoms with Crippen molar-refractivity contribution in [3.05, 3.63) is 57.6 Å². The van der Waals surface area contributed by atoms with Crippen molar-refractivity contribution in [2.75, 3.05) is 30.7 Å². The van der Waals surface area contributed by atoms with E-state index in [0.717, 1.165) is 17.3 Å². The van der Waals surface area contributed by atoms with Crippen LogP contribution in [0, 0.1) is 17.8 Å². The van der Waals surface area contributed by atoms with Crippen molar-refractivity contribution < 1.29 is 19.5 Å². The minimum atomic E-state index is -0.819. The van der Waals surface area contributed by atoms with E-state index < -0.39 is 11.5 Å². The van der Waals surface area contributed by atoms with Gasteiger partial charge in [-0.25, -0.2) is 0 Å². The molecule has 0 spiro atoms. The average molecular weight is 687 g/mol. The van der Waals surface area contributed by atoms with Crippen LogP contribution in [-0.2, 0) is 19.8 Å². The molecule has 0 radical (unpaired) electrons. The third-order valence-corrected chi connectivity index (χ3v) is 8.88. The first-order valence-electron chi connectivity index (χ1n) is 14.7. The zero-order chi connectivity index (χ0) is 33.6. The first-order valence-corrected chi connectivity index (χ1v) is 16.5. The molecule has 2 heterocycles. The highest BCUT2D eigenvalue weighted by molar-refractivity contribution is 7.99. The number of amides is 2. The third kappa shape index (κ3) is 9.69. The lowest BCUT2D eigenvalue weighted by Crippen LogP contribution is -2.48. The Bertz CT molecular complexity index is 1670. The summed E-state index contributed by atoms with van der Waals surface area (Å²) in [6, 6.07) is 10.8. The van der Waals surface area contributed by atoms with Crippen LogP contribution in [-0.4, -0.2) is 78.9 Å². The second-order valence-corrected chi connectivity index (χ2v) is 14.4. The van der Waals surface area contributed by atoms with Gasteiger partial charge in [0.05, 0.1) is 45.2 Å². The van der Waals surface area contributed by atoms with E-state index in [1.54, 1.807) is 32.0 Å². The Morgan fingerprint density at radius 2 is 1.74 bits per heavy atom. The van der Waals surface area contributed by atoms with E-state index in [4.69, 9.17) is 28.3 Å². The van der Waals surface area contributed by atoms with Crippen LogP contribution in [0.3, 0.4) is 0 Å². The predicted molar refractivity (Wildman–Crippen MR) is 180 cm³/mol. The van der Waals surface area contributed by atoms with E-state index >= 15 is 0 Å². The lowest BCUT2D eigenvalue weighted by atomic mass is 9.87. The van der Waals surface area contributed by atoms with Gasteiger partial charge in [0.25, 0.3) is 0 Å². The van der Waals surface area contributed by atoms with E-state index in [0.29, 0.717) is 58.1 Å². The van der Waals surface area contributed by atoms with Crippen LogP contribution in [0.15, 0.2) is 41.6 Å². The molecule has 1 saturated heterocycles. The van der Waals surface area contributed by atoms with Gasteiger partial charge in [-0.3, -0.25) is 19.3 Å². The van der Waals surface area contributed by atoms with Crippen molar-refractivity contribution in [2.24, 2.45) is 5.92 Å². The SMILES string of the molecule is CC(C)(C#Cc1ccc(NC(=O)CSc2nnnn2-c2cc(C(C)(C)C)ccc2Cl)c(Cl)c1)NC(=O)CN1CCC(C(=O)O)CC1. The molecule has 0 unspecified atom stereocenters. The number of carbonyl (C=O) groups excluding carboxylic acids is 2. The van der Waals surface area contributed by atoms with Crippen molar-refractivity contribution in [3.63, 3.8) is 0 Å². The number of halogens is 2. The van der Waals surface area contributed by atoms with Crippen LogP contribution in [0.2, 0.25) is 10.0 Å².